The number of carbonyl (C=O) groups is 1. The molecule has 0 spiro atoms. The number of nitrogens with zero attached hydrogens (tertiary/aromatic N) is 3. The van der Waals surface area contributed by atoms with Gasteiger partial charge in [-0.1, -0.05) is 18.2 Å². The van der Waals surface area contributed by atoms with Crippen LogP contribution in [0.5, 0.6) is 0 Å². The predicted molar refractivity (Wildman–Crippen MR) is 80.1 cm³/mol. The molecule has 1 aromatic carbocycles. The summed E-state index contributed by atoms with van der Waals surface area (Å²) in [6, 6.07) is 11.5. The van der Waals surface area contributed by atoms with Crippen molar-refractivity contribution in [3.8, 4) is 5.82 Å². The molecule has 0 atom stereocenters. The highest BCUT2D eigenvalue weighted by Gasteiger charge is 2.08. The third-order valence-electron chi connectivity index (χ3n) is 3.08. The van der Waals surface area contributed by atoms with Crippen molar-refractivity contribution in [1.29, 1.82) is 0 Å². The maximum absolute atomic E-state index is 13.5. The van der Waals surface area contributed by atoms with Crippen molar-refractivity contribution in [2.75, 3.05) is 5.32 Å². The van der Waals surface area contributed by atoms with Crippen LogP contribution in [-0.4, -0.2) is 20.7 Å². The van der Waals surface area contributed by atoms with Crippen molar-refractivity contribution in [2.24, 2.45) is 0 Å². The summed E-state index contributed by atoms with van der Waals surface area (Å²) < 4.78 is 15.1. The smallest absolute Gasteiger partial charge is 0.228 e. The lowest BCUT2D eigenvalue weighted by Crippen LogP contribution is -2.15. The molecule has 6 heteroatoms. The van der Waals surface area contributed by atoms with E-state index >= 15 is 0 Å². The molecule has 0 saturated carbocycles. The van der Waals surface area contributed by atoms with E-state index in [4.69, 9.17) is 0 Å². The second kappa shape index (κ2) is 6.17. The highest BCUT2D eigenvalue weighted by molar-refractivity contribution is 5.92. The lowest BCUT2D eigenvalue weighted by molar-refractivity contribution is -0.115. The van der Waals surface area contributed by atoms with Gasteiger partial charge in [-0.05, 0) is 29.8 Å². The number of carbonyl (C=O) groups excluding carboxylic acids is 1. The van der Waals surface area contributed by atoms with Crippen LogP contribution in [0.3, 0.4) is 0 Å². The predicted octanol–water partition coefficient (Wildman–Crippen LogP) is 2.59. The molecule has 0 saturated heterocycles. The van der Waals surface area contributed by atoms with E-state index in [0.717, 1.165) is 0 Å². The average molecular weight is 296 g/mol. The van der Waals surface area contributed by atoms with Crippen LogP contribution in [0.15, 0.2) is 61.1 Å². The highest BCUT2D eigenvalue weighted by Crippen LogP contribution is 2.11. The van der Waals surface area contributed by atoms with Crippen molar-refractivity contribution in [3.63, 3.8) is 0 Å². The summed E-state index contributed by atoms with van der Waals surface area (Å²) in [5.74, 6) is -0.0272. The zero-order valence-electron chi connectivity index (χ0n) is 11.6. The number of aromatic nitrogens is 3. The van der Waals surface area contributed by atoms with E-state index in [1.807, 2.05) is 0 Å². The highest BCUT2D eigenvalue weighted by atomic mass is 19.1. The summed E-state index contributed by atoms with van der Waals surface area (Å²) >= 11 is 0. The Morgan fingerprint density at radius 3 is 2.73 bits per heavy atom. The van der Waals surface area contributed by atoms with Crippen molar-refractivity contribution in [1.82, 2.24) is 14.8 Å². The third-order valence-corrected chi connectivity index (χ3v) is 3.08. The second-order valence-electron chi connectivity index (χ2n) is 4.67. The fourth-order valence-corrected chi connectivity index (χ4v) is 2.02. The molecule has 1 amide bonds. The molecule has 2 heterocycles. The van der Waals surface area contributed by atoms with Gasteiger partial charge in [0.2, 0.25) is 5.91 Å². The van der Waals surface area contributed by atoms with Crippen LogP contribution >= 0.6 is 0 Å². The van der Waals surface area contributed by atoms with Gasteiger partial charge in [0, 0.05) is 12.4 Å². The molecule has 0 aliphatic carbocycles. The number of amides is 1. The molecule has 2 aromatic heterocycles. The molecule has 0 aliphatic rings. The number of hydrogen-bond donors (Lipinski definition) is 1. The molecule has 0 fully saturated rings. The Morgan fingerprint density at radius 1 is 1.18 bits per heavy atom. The monoisotopic (exact) mass is 296 g/mol. The van der Waals surface area contributed by atoms with Gasteiger partial charge < -0.3 is 5.32 Å². The number of pyridine rings is 1. The number of halogens is 1. The Kier molecular flexibility index (Phi) is 3.91. The second-order valence-corrected chi connectivity index (χ2v) is 4.67. The Balaban J connectivity index is 1.66. The lowest BCUT2D eigenvalue weighted by atomic mass is 10.1. The summed E-state index contributed by atoms with van der Waals surface area (Å²) in [6.07, 6.45) is 4.95. The fourth-order valence-electron chi connectivity index (χ4n) is 2.02. The van der Waals surface area contributed by atoms with E-state index in [1.165, 1.54) is 12.3 Å². The maximum Gasteiger partial charge on any atom is 0.228 e. The number of anilines is 1. The first-order valence-electron chi connectivity index (χ1n) is 6.72. The van der Waals surface area contributed by atoms with E-state index in [0.29, 0.717) is 17.1 Å². The minimum atomic E-state index is -0.384. The zero-order valence-corrected chi connectivity index (χ0v) is 11.6. The molecule has 0 aliphatic heterocycles. The van der Waals surface area contributed by atoms with Crippen LogP contribution < -0.4 is 5.32 Å². The zero-order chi connectivity index (χ0) is 15.4. The van der Waals surface area contributed by atoms with Crippen molar-refractivity contribution < 1.29 is 9.18 Å². The van der Waals surface area contributed by atoms with Crippen LogP contribution in [-0.2, 0) is 11.2 Å². The summed E-state index contributed by atoms with van der Waals surface area (Å²) in [7, 11) is 0. The SMILES string of the molecule is O=C(Cc1ccccc1F)Nc1ccc(-n2cccn2)nc1. The quantitative estimate of drug-likeness (QED) is 0.805. The van der Waals surface area contributed by atoms with Crippen LogP contribution in [0, 0.1) is 5.82 Å². The molecular formula is C16H13FN4O. The summed E-state index contributed by atoms with van der Waals surface area (Å²) in [4.78, 5) is 16.1. The Bertz CT molecular complexity index is 769. The lowest BCUT2D eigenvalue weighted by Gasteiger charge is -2.07. The van der Waals surface area contributed by atoms with Gasteiger partial charge >= 0.3 is 0 Å². The van der Waals surface area contributed by atoms with Gasteiger partial charge in [0.1, 0.15) is 5.82 Å². The first kappa shape index (κ1) is 13.9. The number of hydrogen-bond acceptors (Lipinski definition) is 3. The van der Waals surface area contributed by atoms with Crippen LogP contribution in [0.4, 0.5) is 10.1 Å². The van der Waals surface area contributed by atoms with Crippen LogP contribution in [0.1, 0.15) is 5.56 Å². The van der Waals surface area contributed by atoms with Crippen LogP contribution in [0.25, 0.3) is 5.82 Å². The Morgan fingerprint density at radius 2 is 2.05 bits per heavy atom. The summed E-state index contributed by atoms with van der Waals surface area (Å²) in [5.41, 5.74) is 0.915. The van der Waals surface area contributed by atoms with Crippen molar-refractivity contribution >= 4 is 11.6 Å². The molecule has 110 valence electrons. The minimum Gasteiger partial charge on any atom is -0.324 e. The van der Waals surface area contributed by atoms with Gasteiger partial charge in [-0.2, -0.15) is 5.10 Å². The normalized spacial score (nSPS) is 10.4. The van der Waals surface area contributed by atoms with Gasteiger partial charge in [0.05, 0.1) is 18.3 Å². The van der Waals surface area contributed by atoms with E-state index in [-0.39, 0.29) is 18.1 Å². The first-order chi connectivity index (χ1) is 10.7. The molecule has 22 heavy (non-hydrogen) atoms. The topological polar surface area (TPSA) is 59.8 Å². The van der Waals surface area contributed by atoms with Crippen molar-refractivity contribution in [2.45, 2.75) is 6.42 Å². The van der Waals surface area contributed by atoms with E-state index < -0.39 is 0 Å². The van der Waals surface area contributed by atoms with Crippen molar-refractivity contribution in [3.05, 3.63) is 72.4 Å². The standard InChI is InChI=1S/C16H13FN4O/c17-14-5-2-1-4-12(14)10-16(22)20-13-6-7-15(18-11-13)21-9-3-8-19-21/h1-9,11H,10H2,(H,20,22). The van der Waals surface area contributed by atoms with E-state index in [9.17, 15) is 9.18 Å². The molecule has 5 nitrogen and oxygen atoms in total. The van der Waals surface area contributed by atoms with Gasteiger partial charge in [0.25, 0.3) is 0 Å². The van der Waals surface area contributed by atoms with Crippen LogP contribution in [0.2, 0.25) is 0 Å². The largest absolute Gasteiger partial charge is 0.324 e. The third kappa shape index (κ3) is 3.17. The molecule has 3 rings (SSSR count). The van der Waals surface area contributed by atoms with Gasteiger partial charge in [-0.15, -0.1) is 0 Å². The van der Waals surface area contributed by atoms with Gasteiger partial charge in [0.15, 0.2) is 5.82 Å². The summed E-state index contributed by atoms with van der Waals surface area (Å²) in [5, 5.41) is 6.76. The average Bonchev–Trinajstić information content (AvgIpc) is 3.05. The minimum absolute atomic E-state index is 0.0203. The van der Waals surface area contributed by atoms with E-state index in [2.05, 4.69) is 15.4 Å². The number of rotatable bonds is 4. The van der Waals surface area contributed by atoms with Gasteiger partial charge in [-0.3, -0.25) is 4.79 Å². The molecule has 3 aromatic rings. The molecular weight excluding hydrogens is 283 g/mol. The molecule has 0 unspecified atom stereocenters. The maximum atomic E-state index is 13.5. The Labute approximate surface area is 126 Å². The molecule has 0 bridgehead atoms. The number of benzene rings is 1. The number of nitrogens with one attached hydrogen (secondary N) is 1. The molecule has 0 radical (unpaired) electrons. The van der Waals surface area contributed by atoms with E-state index in [1.54, 1.807) is 53.5 Å². The summed E-state index contributed by atoms with van der Waals surface area (Å²) in [6.45, 7) is 0. The Hall–Kier alpha value is -3.02. The molecule has 1 N–H and O–H groups in total. The van der Waals surface area contributed by atoms with Gasteiger partial charge in [-0.25, -0.2) is 14.1 Å². The fraction of sp³-hybridized carbons (Fsp3) is 0.0625. The first-order valence-corrected chi connectivity index (χ1v) is 6.72.